The Morgan fingerprint density at radius 2 is 1.21 bits per heavy atom. The second-order valence-corrected chi connectivity index (χ2v) is 10.5. The summed E-state index contributed by atoms with van der Waals surface area (Å²) in [5, 5.41) is 9.53. The van der Waals surface area contributed by atoms with Crippen LogP contribution in [0.2, 0.25) is 0 Å². The van der Waals surface area contributed by atoms with Gasteiger partial charge in [0.05, 0.1) is 46.6 Å². The Morgan fingerprint density at radius 1 is 0.697 bits per heavy atom. The van der Waals surface area contributed by atoms with Crippen LogP contribution < -0.4 is 9.60 Å². The fraction of sp³-hybridized carbons (Fsp3) is 0.462. The summed E-state index contributed by atoms with van der Waals surface area (Å²) in [7, 11) is 0. The molecule has 4 rings (SSSR count). The van der Waals surface area contributed by atoms with E-state index in [4.69, 9.17) is 10.2 Å². The lowest BCUT2D eigenvalue weighted by molar-refractivity contribution is -0.923. The first-order valence-electron chi connectivity index (χ1n) is 12.2. The molecule has 0 bridgehead atoms. The molecule has 0 radical (unpaired) electrons. The molecule has 2 aromatic carbocycles. The smallest absolute Gasteiger partial charge is 0.211 e. The van der Waals surface area contributed by atoms with Crippen molar-refractivity contribution in [2.24, 2.45) is 10.2 Å². The third-order valence-electron chi connectivity index (χ3n) is 6.99. The third kappa shape index (κ3) is 5.00. The summed E-state index contributed by atoms with van der Waals surface area (Å²) in [5.74, 6) is 0. The molecule has 0 saturated heterocycles. The van der Waals surface area contributed by atoms with Crippen LogP contribution in [-0.4, -0.2) is 39.8 Å². The number of hydrogen-bond donors (Lipinski definition) is 0. The molecule has 0 N–H and O–H groups in total. The predicted octanol–water partition coefficient (Wildman–Crippen LogP) is 5.81. The largest absolute Gasteiger partial charge is 0.324 e. The van der Waals surface area contributed by atoms with Crippen LogP contribution in [0.5, 0.6) is 0 Å². The summed E-state index contributed by atoms with van der Waals surface area (Å²) in [6, 6.07) is 17.1. The van der Waals surface area contributed by atoms with Gasteiger partial charge in [0.2, 0.25) is 9.60 Å². The molecular formula is C26H36N5S2+. The average Bonchev–Trinajstić information content (AvgIpc) is 3.40. The molecule has 2 heterocycles. The second kappa shape index (κ2) is 10.8. The maximum Gasteiger partial charge on any atom is 0.211 e. The maximum atomic E-state index is 4.79. The molecule has 0 unspecified atom stereocenters. The van der Waals surface area contributed by atoms with Gasteiger partial charge >= 0.3 is 0 Å². The summed E-state index contributed by atoms with van der Waals surface area (Å²) < 4.78 is 8.35. The fourth-order valence-electron chi connectivity index (χ4n) is 4.66. The van der Waals surface area contributed by atoms with Crippen molar-refractivity contribution in [3.63, 3.8) is 0 Å². The van der Waals surface area contributed by atoms with Gasteiger partial charge in [0.1, 0.15) is 0 Å². The lowest BCUT2D eigenvalue weighted by Gasteiger charge is -2.35. The van der Waals surface area contributed by atoms with E-state index < -0.39 is 0 Å². The van der Waals surface area contributed by atoms with Gasteiger partial charge in [-0.2, -0.15) is 0 Å². The summed E-state index contributed by atoms with van der Waals surface area (Å²) in [5.41, 5.74) is 2.49. The van der Waals surface area contributed by atoms with Crippen molar-refractivity contribution in [3.05, 3.63) is 58.1 Å². The first-order valence-corrected chi connectivity index (χ1v) is 13.9. The lowest BCUT2D eigenvalue weighted by Crippen LogP contribution is -2.48. The number of hydrogen-bond acceptors (Lipinski definition) is 4. The van der Waals surface area contributed by atoms with Gasteiger partial charge in [-0.1, -0.05) is 46.9 Å². The molecular weight excluding hydrogens is 446 g/mol. The summed E-state index contributed by atoms with van der Waals surface area (Å²) in [4.78, 5) is 1.94. The highest BCUT2D eigenvalue weighted by Gasteiger charge is 2.19. The highest BCUT2D eigenvalue weighted by molar-refractivity contribution is 7.16. The molecule has 0 fully saturated rings. The van der Waals surface area contributed by atoms with E-state index in [0.717, 1.165) is 29.1 Å². The molecule has 0 aliphatic rings. The predicted molar refractivity (Wildman–Crippen MR) is 142 cm³/mol. The zero-order valence-corrected chi connectivity index (χ0v) is 22.0. The van der Waals surface area contributed by atoms with Crippen LogP contribution in [0.4, 0.5) is 0 Å². The first kappa shape index (κ1) is 23.9. The van der Waals surface area contributed by atoms with E-state index in [2.05, 4.69) is 85.4 Å². The number of nitrogens with zero attached hydrogens (tertiary/aromatic N) is 5. The zero-order chi connectivity index (χ0) is 23.3. The number of aromatic nitrogens is 2. The molecule has 0 aliphatic carbocycles. The molecule has 0 atom stereocenters. The van der Waals surface area contributed by atoms with E-state index in [1.54, 1.807) is 22.7 Å². The molecule has 0 aliphatic heterocycles. The van der Waals surface area contributed by atoms with Crippen molar-refractivity contribution in [1.29, 1.82) is 0 Å². The van der Waals surface area contributed by atoms with Gasteiger partial charge in [-0.05, 0) is 64.8 Å². The minimum Gasteiger partial charge on any atom is -0.324 e. The maximum absolute atomic E-state index is 4.79. The first-order chi connectivity index (χ1) is 16.1. The van der Waals surface area contributed by atoms with Crippen LogP contribution in [0, 0.1) is 0 Å². The Hall–Kier alpha value is -2.22. The Balaban J connectivity index is 1.66. The molecule has 176 valence electrons. The van der Waals surface area contributed by atoms with Gasteiger partial charge in [-0.25, -0.2) is 0 Å². The second-order valence-electron chi connectivity index (χ2n) is 8.52. The fourth-order valence-corrected chi connectivity index (χ4v) is 6.72. The number of benzene rings is 2. The highest BCUT2D eigenvalue weighted by atomic mass is 32.1. The van der Waals surface area contributed by atoms with E-state index in [-0.39, 0.29) is 0 Å². The monoisotopic (exact) mass is 482 g/mol. The van der Waals surface area contributed by atoms with Crippen LogP contribution in [0.3, 0.4) is 0 Å². The lowest BCUT2D eigenvalue weighted by atomic mass is 10.2. The number of unbranched alkanes of at least 4 members (excludes halogenated alkanes) is 1. The topological polar surface area (TPSA) is 34.6 Å². The Bertz CT molecular complexity index is 1330. The molecule has 7 heteroatoms. The molecule has 2 aromatic heterocycles. The van der Waals surface area contributed by atoms with Crippen LogP contribution in [0.25, 0.3) is 20.4 Å². The number of fused-ring (bicyclic) bond motifs is 2. The molecule has 5 nitrogen and oxygen atoms in total. The van der Waals surface area contributed by atoms with Gasteiger partial charge in [-0.15, -0.1) is 10.2 Å². The summed E-state index contributed by atoms with van der Waals surface area (Å²) in [6.45, 7) is 15.9. The Kier molecular flexibility index (Phi) is 7.83. The standard InChI is InChI=1S/C26H36N5S2/c1-5-29-21-15-9-11-17-23(21)32-25(29)27-28-26-30(22-16-10-12-18-24(22)33-26)19-13-14-20-31(6-2,7-3)8-4/h9-12,15-18H,5-8,13-14,19-20H2,1-4H3/q+1/b27-25-,28-26+. The van der Waals surface area contributed by atoms with Crippen molar-refractivity contribution < 1.29 is 4.48 Å². The van der Waals surface area contributed by atoms with Crippen molar-refractivity contribution >= 4 is 43.1 Å². The van der Waals surface area contributed by atoms with E-state index >= 15 is 0 Å². The van der Waals surface area contributed by atoms with Gasteiger partial charge < -0.3 is 13.6 Å². The van der Waals surface area contributed by atoms with Crippen molar-refractivity contribution in [1.82, 2.24) is 9.13 Å². The molecule has 0 spiro atoms. The molecule has 0 saturated carbocycles. The van der Waals surface area contributed by atoms with Crippen molar-refractivity contribution in [2.75, 3.05) is 26.2 Å². The number of para-hydroxylation sites is 2. The van der Waals surface area contributed by atoms with E-state index in [0.29, 0.717) is 0 Å². The van der Waals surface area contributed by atoms with Crippen LogP contribution in [0.1, 0.15) is 40.5 Å². The van der Waals surface area contributed by atoms with E-state index in [1.807, 2.05) is 0 Å². The zero-order valence-electron chi connectivity index (χ0n) is 20.3. The van der Waals surface area contributed by atoms with Crippen LogP contribution in [-0.2, 0) is 13.1 Å². The number of quaternary nitrogens is 1. The van der Waals surface area contributed by atoms with E-state index in [1.165, 1.54) is 57.5 Å². The number of aryl methyl sites for hydroxylation is 2. The molecule has 33 heavy (non-hydrogen) atoms. The summed E-state index contributed by atoms with van der Waals surface area (Å²) in [6.07, 6.45) is 2.39. The average molecular weight is 483 g/mol. The third-order valence-corrected chi connectivity index (χ3v) is 9.09. The number of rotatable bonds is 10. The quantitative estimate of drug-likeness (QED) is 0.155. The normalized spacial score (nSPS) is 13.6. The Labute approximate surface area is 204 Å². The van der Waals surface area contributed by atoms with Crippen LogP contribution >= 0.6 is 22.7 Å². The van der Waals surface area contributed by atoms with Crippen molar-refractivity contribution in [2.45, 2.75) is 53.6 Å². The summed E-state index contributed by atoms with van der Waals surface area (Å²) >= 11 is 3.44. The minimum absolute atomic E-state index is 0.886. The van der Waals surface area contributed by atoms with Gasteiger partial charge in [-0.3, -0.25) is 0 Å². The van der Waals surface area contributed by atoms with Crippen LogP contribution in [0.15, 0.2) is 58.7 Å². The van der Waals surface area contributed by atoms with Crippen molar-refractivity contribution in [3.8, 4) is 0 Å². The highest BCUT2D eigenvalue weighted by Crippen LogP contribution is 2.19. The van der Waals surface area contributed by atoms with E-state index in [9.17, 15) is 0 Å². The Morgan fingerprint density at radius 3 is 1.76 bits per heavy atom. The number of thiazole rings is 2. The minimum atomic E-state index is 0.886. The van der Waals surface area contributed by atoms with Gasteiger partial charge in [0.15, 0.2) is 0 Å². The molecule has 0 amide bonds. The van der Waals surface area contributed by atoms with Gasteiger partial charge in [0.25, 0.3) is 0 Å². The molecule has 4 aromatic rings. The SMILES string of the molecule is CCn1/c(=N/N=c2/sc3ccccc3n2CCCC[N+](CC)(CC)CC)sc2ccccc21. The van der Waals surface area contributed by atoms with Gasteiger partial charge in [0, 0.05) is 13.1 Å².